The van der Waals surface area contributed by atoms with Crippen LogP contribution in [0.1, 0.15) is 23.6 Å². The number of furan rings is 1. The number of nitrogens with zero attached hydrogens (tertiary/aromatic N) is 2. The first-order chi connectivity index (χ1) is 31.1. The summed E-state index contributed by atoms with van der Waals surface area (Å²) in [6, 6.07) is 80.1. The first kappa shape index (κ1) is 36.7. The lowest BCUT2D eigenvalue weighted by Crippen LogP contribution is -2.22. The van der Waals surface area contributed by atoms with Crippen LogP contribution < -0.4 is 0 Å². The first-order valence-electron chi connectivity index (χ1n) is 21.6. The van der Waals surface area contributed by atoms with Crippen LogP contribution in [-0.4, -0.2) is 9.97 Å². The normalized spacial score (nSPS) is 14.2. The van der Waals surface area contributed by atoms with E-state index < -0.39 is 0 Å². The van der Waals surface area contributed by atoms with Crippen LogP contribution in [0.2, 0.25) is 0 Å². The van der Waals surface area contributed by atoms with Crippen LogP contribution in [0.15, 0.2) is 229 Å². The zero-order chi connectivity index (χ0) is 41.9. The number of benzene rings is 9. The number of para-hydroxylation sites is 1. The van der Waals surface area contributed by atoms with Crippen LogP contribution in [0.5, 0.6) is 0 Å². The lowest BCUT2D eigenvalue weighted by atomic mass is 9.74. The predicted molar refractivity (Wildman–Crippen MR) is 259 cm³/mol. The van der Waals surface area contributed by atoms with Crippen molar-refractivity contribution in [2.24, 2.45) is 0 Å². The highest BCUT2D eigenvalue weighted by Crippen LogP contribution is 2.55. The SMILES string of the molecule is CC1(c2ccccc2)c2ccccc2-c2c(-c3ccc(-c4cc(-c5cc(-c6ccccc6)cc(-c6ccc7oc8ccccc8c7c6)c5)nc(-c5ccccc5)n4)cc3)cccc21. The van der Waals surface area contributed by atoms with E-state index in [1.54, 1.807) is 0 Å². The van der Waals surface area contributed by atoms with Crippen LogP contribution in [0, 0.1) is 0 Å². The van der Waals surface area contributed by atoms with Gasteiger partial charge in [0.1, 0.15) is 11.2 Å². The lowest BCUT2D eigenvalue weighted by Gasteiger charge is -2.28. The minimum Gasteiger partial charge on any atom is -0.456 e. The fourth-order valence-electron chi connectivity index (χ4n) is 9.79. The second kappa shape index (κ2) is 14.8. The minimum absolute atomic E-state index is 0.258. The van der Waals surface area contributed by atoms with Gasteiger partial charge >= 0.3 is 0 Å². The molecule has 0 spiro atoms. The van der Waals surface area contributed by atoms with Gasteiger partial charge < -0.3 is 4.42 Å². The molecule has 2 aromatic heterocycles. The van der Waals surface area contributed by atoms with Gasteiger partial charge in [-0.3, -0.25) is 0 Å². The molecule has 1 aliphatic rings. The largest absolute Gasteiger partial charge is 0.456 e. The van der Waals surface area contributed by atoms with Gasteiger partial charge in [-0.1, -0.05) is 182 Å². The van der Waals surface area contributed by atoms with Gasteiger partial charge in [0.15, 0.2) is 5.82 Å². The van der Waals surface area contributed by atoms with Crippen molar-refractivity contribution in [3.8, 4) is 78.4 Å². The molecule has 63 heavy (non-hydrogen) atoms. The Bertz CT molecular complexity index is 3500. The number of rotatable bonds is 7. The number of hydrogen-bond donors (Lipinski definition) is 0. The fourth-order valence-corrected chi connectivity index (χ4v) is 9.79. The molecule has 0 amide bonds. The zero-order valence-electron chi connectivity index (χ0n) is 34.7. The van der Waals surface area contributed by atoms with Crippen molar-refractivity contribution < 1.29 is 4.42 Å². The highest BCUT2D eigenvalue weighted by molar-refractivity contribution is 6.06. The number of aromatic nitrogens is 2. The van der Waals surface area contributed by atoms with Gasteiger partial charge in [-0.25, -0.2) is 9.97 Å². The molecule has 1 aliphatic carbocycles. The number of hydrogen-bond acceptors (Lipinski definition) is 3. The summed E-state index contributed by atoms with van der Waals surface area (Å²) < 4.78 is 6.21. The maximum absolute atomic E-state index is 6.21. The van der Waals surface area contributed by atoms with E-state index in [4.69, 9.17) is 14.4 Å². The predicted octanol–water partition coefficient (Wildman–Crippen LogP) is 15.7. The molecule has 12 rings (SSSR count). The summed E-state index contributed by atoms with van der Waals surface area (Å²) in [5.41, 5.74) is 19.7. The second-order valence-corrected chi connectivity index (χ2v) is 16.6. The van der Waals surface area contributed by atoms with Gasteiger partial charge in [0.25, 0.3) is 0 Å². The molecule has 0 fully saturated rings. The highest BCUT2D eigenvalue weighted by atomic mass is 16.3. The minimum atomic E-state index is -0.258. The van der Waals surface area contributed by atoms with Gasteiger partial charge in [0.2, 0.25) is 0 Å². The van der Waals surface area contributed by atoms with Crippen molar-refractivity contribution in [3.63, 3.8) is 0 Å². The molecule has 0 radical (unpaired) electrons. The Morgan fingerprint density at radius 3 is 1.68 bits per heavy atom. The van der Waals surface area contributed by atoms with Crippen LogP contribution in [0.25, 0.3) is 100 Å². The van der Waals surface area contributed by atoms with Gasteiger partial charge in [-0.2, -0.15) is 0 Å². The van der Waals surface area contributed by atoms with E-state index in [1.165, 1.54) is 38.9 Å². The molecular weight excluding hydrogens is 765 g/mol. The van der Waals surface area contributed by atoms with Crippen molar-refractivity contribution in [3.05, 3.63) is 241 Å². The zero-order valence-corrected chi connectivity index (χ0v) is 34.7. The highest BCUT2D eigenvalue weighted by Gasteiger charge is 2.41. The summed E-state index contributed by atoms with van der Waals surface area (Å²) in [5.74, 6) is 0.683. The molecule has 1 unspecified atom stereocenters. The van der Waals surface area contributed by atoms with Crippen molar-refractivity contribution >= 4 is 21.9 Å². The maximum atomic E-state index is 6.21. The maximum Gasteiger partial charge on any atom is 0.160 e. The Kier molecular flexibility index (Phi) is 8.62. The molecule has 0 N–H and O–H groups in total. The van der Waals surface area contributed by atoms with Crippen LogP contribution in [0.3, 0.4) is 0 Å². The second-order valence-electron chi connectivity index (χ2n) is 16.6. The molecule has 1 atom stereocenters. The molecule has 2 heterocycles. The molecule has 3 heteroatoms. The Morgan fingerprint density at radius 2 is 0.905 bits per heavy atom. The van der Waals surface area contributed by atoms with Crippen molar-refractivity contribution in [1.82, 2.24) is 9.97 Å². The summed E-state index contributed by atoms with van der Waals surface area (Å²) in [6.45, 7) is 2.37. The lowest BCUT2D eigenvalue weighted by molar-refractivity contribution is 0.669. The smallest absolute Gasteiger partial charge is 0.160 e. The third-order valence-electron chi connectivity index (χ3n) is 13.0. The summed E-state index contributed by atoms with van der Waals surface area (Å²) >= 11 is 0. The van der Waals surface area contributed by atoms with E-state index in [9.17, 15) is 0 Å². The Morgan fingerprint density at radius 1 is 0.349 bits per heavy atom. The molecule has 0 saturated heterocycles. The topological polar surface area (TPSA) is 38.9 Å². The van der Waals surface area contributed by atoms with Crippen molar-refractivity contribution in [2.75, 3.05) is 0 Å². The third-order valence-corrected chi connectivity index (χ3v) is 13.0. The van der Waals surface area contributed by atoms with Crippen molar-refractivity contribution in [2.45, 2.75) is 12.3 Å². The van der Waals surface area contributed by atoms with Crippen LogP contribution in [0.4, 0.5) is 0 Å². The van der Waals surface area contributed by atoms with E-state index >= 15 is 0 Å². The Balaban J connectivity index is 0.991. The monoisotopic (exact) mass is 804 g/mol. The molecule has 9 aromatic carbocycles. The third kappa shape index (κ3) is 6.20. The number of fused-ring (bicyclic) bond motifs is 6. The molecule has 11 aromatic rings. The molecule has 0 saturated carbocycles. The standard InChI is InChI=1S/C60H40N2O/c1-60(47-20-9-4-10-21-47)52-25-13-11-23-50(52)58-48(24-15-26-53(58)60)40-28-30-41(31-29-40)54-38-55(62-59(61-54)42-18-7-3-8-19-42)46-35-44(39-16-5-2-6-17-39)34-45(36-46)43-32-33-57-51(37-43)49-22-12-14-27-56(49)63-57/h2-38H,1H3. The van der Waals surface area contributed by atoms with E-state index in [-0.39, 0.29) is 5.41 Å². The van der Waals surface area contributed by atoms with Crippen molar-refractivity contribution in [1.29, 1.82) is 0 Å². The molecule has 296 valence electrons. The summed E-state index contributed by atoms with van der Waals surface area (Å²) in [5, 5.41) is 2.21. The van der Waals surface area contributed by atoms with Crippen LogP contribution in [-0.2, 0) is 5.41 Å². The fraction of sp³-hybridized carbons (Fsp3) is 0.0333. The van der Waals surface area contributed by atoms with Gasteiger partial charge in [0, 0.05) is 32.9 Å². The molecular formula is C60H40N2O. The van der Waals surface area contributed by atoms with Gasteiger partial charge in [-0.15, -0.1) is 0 Å². The van der Waals surface area contributed by atoms with Gasteiger partial charge in [-0.05, 0) is 111 Å². The molecule has 0 bridgehead atoms. The molecule has 0 aliphatic heterocycles. The summed E-state index contributed by atoms with van der Waals surface area (Å²) in [7, 11) is 0. The van der Waals surface area contributed by atoms with E-state index in [1.807, 2.05) is 30.3 Å². The first-order valence-corrected chi connectivity index (χ1v) is 21.6. The summed E-state index contributed by atoms with van der Waals surface area (Å²) in [4.78, 5) is 10.5. The van der Waals surface area contributed by atoms with Crippen LogP contribution >= 0.6 is 0 Å². The Hall–Kier alpha value is -8.14. The van der Waals surface area contributed by atoms with E-state index in [2.05, 4.69) is 201 Å². The van der Waals surface area contributed by atoms with Gasteiger partial charge in [0.05, 0.1) is 11.4 Å². The Labute approximate surface area is 366 Å². The van der Waals surface area contributed by atoms with E-state index in [0.29, 0.717) is 5.82 Å². The van der Waals surface area contributed by atoms with E-state index in [0.717, 1.165) is 72.3 Å². The summed E-state index contributed by atoms with van der Waals surface area (Å²) in [6.07, 6.45) is 0. The average molecular weight is 805 g/mol. The molecule has 3 nitrogen and oxygen atoms in total. The average Bonchev–Trinajstić information content (AvgIpc) is 3.87. The quantitative estimate of drug-likeness (QED) is 0.161.